The van der Waals surface area contributed by atoms with Crippen molar-refractivity contribution >= 4 is 11.8 Å². The van der Waals surface area contributed by atoms with Crippen LogP contribution in [-0.4, -0.2) is 35.7 Å². The van der Waals surface area contributed by atoms with Crippen molar-refractivity contribution in [2.45, 2.75) is 33.1 Å². The maximum absolute atomic E-state index is 12.1. The minimum atomic E-state index is -4.49. The molecule has 1 unspecified atom stereocenters. The van der Waals surface area contributed by atoms with E-state index in [-0.39, 0.29) is 11.4 Å². The highest BCUT2D eigenvalue weighted by atomic mass is 19.4. The van der Waals surface area contributed by atoms with Crippen LogP contribution in [0.15, 0.2) is 36.5 Å². The number of carbonyl (C=O) groups is 2. The van der Waals surface area contributed by atoms with E-state index in [1.54, 1.807) is 12.1 Å². The van der Waals surface area contributed by atoms with Crippen LogP contribution in [0.25, 0.3) is 0 Å². The van der Waals surface area contributed by atoms with Gasteiger partial charge >= 0.3 is 6.18 Å². The number of hydrazine groups is 1. The average Bonchev–Trinajstić information content (AvgIpc) is 2.67. The van der Waals surface area contributed by atoms with Crippen molar-refractivity contribution in [3.8, 4) is 11.6 Å². The van der Waals surface area contributed by atoms with Gasteiger partial charge < -0.3 is 9.47 Å². The number of halogens is 3. The summed E-state index contributed by atoms with van der Waals surface area (Å²) < 4.78 is 46.4. The lowest BCUT2D eigenvalue weighted by Gasteiger charge is -2.17. The number of nitrogens with one attached hydrogen (secondary N) is 2. The van der Waals surface area contributed by atoms with Gasteiger partial charge in [-0.25, -0.2) is 4.98 Å². The molecule has 0 aliphatic carbocycles. The standard InChI is InChI=1S/C19H20F3N3O4/c1-11-5-4-6-15(12(11)2)29-13(3)17(26)24-25-18(27)14-7-8-16(23-9-14)28-10-19(20,21)22/h4-9,13H,10H2,1-3H3,(H,24,26)(H,25,27). The maximum atomic E-state index is 12.1. The molecule has 0 radical (unpaired) electrons. The van der Waals surface area contributed by atoms with Crippen LogP contribution >= 0.6 is 0 Å². The lowest BCUT2D eigenvalue weighted by atomic mass is 10.1. The number of benzene rings is 1. The van der Waals surface area contributed by atoms with Crippen LogP contribution in [0.3, 0.4) is 0 Å². The molecule has 2 N–H and O–H groups in total. The lowest BCUT2D eigenvalue weighted by molar-refractivity contribution is -0.154. The van der Waals surface area contributed by atoms with Crippen molar-refractivity contribution in [3.05, 3.63) is 53.2 Å². The number of amides is 2. The Labute approximate surface area is 165 Å². The Morgan fingerprint density at radius 2 is 1.86 bits per heavy atom. The molecule has 1 aromatic carbocycles. The Balaban J connectivity index is 1.86. The zero-order chi connectivity index (χ0) is 21.6. The minimum absolute atomic E-state index is 0.0211. The molecule has 0 aliphatic rings. The van der Waals surface area contributed by atoms with Crippen molar-refractivity contribution in [3.63, 3.8) is 0 Å². The summed E-state index contributed by atoms with van der Waals surface area (Å²) in [5.74, 6) is -1.01. The molecule has 1 aromatic heterocycles. The molecule has 0 aliphatic heterocycles. The molecule has 10 heteroatoms. The Bertz CT molecular complexity index is 870. The quantitative estimate of drug-likeness (QED) is 0.714. The average molecular weight is 411 g/mol. The zero-order valence-electron chi connectivity index (χ0n) is 16.0. The second-order valence-corrected chi connectivity index (χ2v) is 6.19. The SMILES string of the molecule is Cc1cccc(OC(C)C(=O)NNC(=O)c2ccc(OCC(F)(F)F)nc2)c1C. The third-order valence-corrected chi connectivity index (χ3v) is 3.91. The molecular formula is C19H20F3N3O4. The molecule has 0 saturated carbocycles. The van der Waals surface area contributed by atoms with E-state index in [9.17, 15) is 22.8 Å². The van der Waals surface area contributed by atoms with Crippen LogP contribution in [0.2, 0.25) is 0 Å². The van der Waals surface area contributed by atoms with E-state index >= 15 is 0 Å². The van der Waals surface area contributed by atoms with Gasteiger partial charge in [-0.05, 0) is 44.0 Å². The maximum Gasteiger partial charge on any atom is 0.422 e. The molecule has 156 valence electrons. The van der Waals surface area contributed by atoms with Crippen molar-refractivity contribution in [1.29, 1.82) is 0 Å². The highest BCUT2D eigenvalue weighted by molar-refractivity contribution is 5.95. The summed E-state index contributed by atoms with van der Waals surface area (Å²) in [5, 5.41) is 0. The molecule has 2 rings (SSSR count). The summed E-state index contributed by atoms with van der Waals surface area (Å²) in [4.78, 5) is 27.8. The molecular weight excluding hydrogens is 391 g/mol. The number of nitrogens with zero attached hydrogens (tertiary/aromatic N) is 1. The number of aryl methyl sites for hydroxylation is 1. The summed E-state index contributed by atoms with van der Waals surface area (Å²) in [6.07, 6.45) is -4.34. The molecule has 0 spiro atoms. The normalized spacial score (nSPS) is 12.1. The Morgan fingerprint density at radius 3 is 2.48 bits per heavy atom. The lowest BCUT2D eigenvalue weighted by Crippen LogP contribution is -2.47. The molecule has 7 nitrogen and oxygen atoms in total. The van der Waals surface area contributed by atoms with Crippen molar-refractivity contribution < 1.29 is 32.2 Å². The van der Waals surface area contributed by atoms with Gasteiger partial charge in [0.05, 0.1) is 5.56 Å². The number of aromatic nitrogens is 1. The van der Waals surface area contributed by atoms with Crippen molar-refractivity contribution in [2.24, 2.45) is 0 Å². The molecule has 0 fully saturated rings. The Morgan fingerprint density at radius 1 is 1.14 bits per heavy atom. The number of alkyl halides is 3. The van der Waals surface area contributed by atoms with Crippen molar-refractivity contribution in [1.82, 2.24) is 15.8 Å². The van der Waals surface area contributed by atoms with Gasteiger partial charge in [0, 0.05) is 12.3 Å². The summed E-state index contributed by atoms with van der Waals surface area (Å²) in [6.45, 7) is 3.82. The van der Waals surface area contributed by atoms with Crippen LogP contribution in [0, 0.1) is 13.8 Å². The van der Waals surface area contributed by atoms with Gasteiger partial charge in [-0.2, -0.15) is 13.2 Å². The fraction of sp³-hybridized carbons (Fsp3) is 0.316. The first kappa shape index (κ1) is 22.0. The van der Waals surface area contributed by atoms with E-state index in [4.69, 9.17) is 4.74 Å². The largest absolute Gasteiger partial charge is 0.481 e. The van der Waals surface area contributed by atoms with E-state index in [0.717, 1.165) is 23.4 Å². The number of carbonyl (C=O) groups excluding carboxylic acids is 2. The first-order valence-corrected chi connectivity index (χ1v) is 8.55. The Hall–Kier alpha value is -3.30. The van der Waals surface area contributed by atoms with Gasteiger partial charge in [0.1, 0.15) is 5.75 Å². The van der Waals surface area contributed by atoms with Crippen molar-refractivity contribution in [2.75, 3.05) is 6.61 Å². The first-order valence-electron chi connectivity index (χ1n) is 8.55. The van der Waals surface area contributed by atoms with E-state index in [1.165, 1.54) is 13.0 Å². The summed E-state index contributed by atoms with van der Waals surface area (Å²) in [6, 6.07) is 7.80. The zero-order valence-corrected chi connectivity index (χ0v) is 16.0. The topological polar surface area (TPSA) is 89.6 Å². The van der Waals surface area contributed by atoms with Gasteiger partial charge in [-0.1, -0.05) is 12.1 Å². The minimum Gasteiger partial charge on any atom is -0.481 e. The number of hydrogen-bond acceptors (Lipinski definition) is 5. The van der Waals surface area contributed by atoms with E-state index in [1.807, 2.05) is 19.9 Å². The summed E-state index contributed by atoms with van der Waals surface area (Å²) >= 11 is 0. The highest BCUT2D eigenvalue weighted by Crippen LogP contribution is 2.21. The Kier molecular flexibility index (Phi) is 7.03. The molecule has 2 aromatic rings. The highest BCUT2D eigenvalue weighted by Gasteiger charge is 2.28. The fourth-order valence-corrected chi connectivity index (χ4v) is 2.14. The third-order valence-electron chi connectivity index (χ3n) is 3.91. The van der Waals surface area contributed by atoms with Gasteiger partial charge in [-0.3, -0.25) is 20.4 Å². The predicted molar refractivity (Wildman–Crippen MR) is 97.4 cm³/mol. The molecule has 0 bridgehead atoms. The van der Waals surface area contributed by atoms with Gasteiger partial charge in [0.15, 0.2) is 12.7 Å². The third kappa shape index (κ3) is 6.66. The molecule has 1 atom stereocenters. The van der Waals surface area contributed by atoms with Crippen LogP contribution in [0.4, 0.5) is 13.2 Å². The van der Waals surface area contributed by atoms with Crippen LogP contribution in [0.5, 0.6) is 11.6 Å². The predicted octanol–water partition coefficient (Wildman–Crippen LogP) is 2.87. The molecule has 2 amide bonds. The summed E-state index contributed by atoms with van der Waals surface area (Å²) in [5.41, 5.74) is 6.34. The van der Waals surface area contributed by atoms with E-state index < -0.39 is 30.7 Å². The number of pyridine rings is 1. The molecule has 1 heterocycles. The second-order valence-electron chi connectivity index (χ2n) is 6.19. The molecule has 29 heavy (non-hydrogen) atoms. The van der Waals surface area contributed by atoms with Gasteiger partial charge in [-0.15, -0.1) is 0 Å². The second kappa shape index (κ2) is 9.26. The van der Waals surface area contributed by atoms with Crippen LogP contribution in [-0.2, 0) is 4.79 Å². The van der Waals surface area contributed by atoms with E-state index in [0.29, 0.717) is 5.75 Å². The molecule has 0 saturated heterocycles. The smallest absolute Gasteiger partial charge is 0.422 e. The fourth-order valence-electron chi connectivity index (χ4n) is 2.14. The number of ether oxygens (including phenoxy) is 2. The van der Waals surface area contributed by atoms with Gasteiger partial charge in [0.25, 0.3) is 11.8 Å². The van der Waals surface area contributed by atoms with E-state index in [2.05, 4.69) is 20.6 Å². The summed E-state index contributed by atoms with van der Waals surface area (Å²) in [7, 11) is 0. The number of rotatable bonds is 6. The number of hydrogen-bond donors (Lipinski definition) is 2. The first-order chi connectivity index (χ1) is 13.6. The monoisotopic (exact) mass is 411 g/mol. The van der Waals surface area contributed by atoms with Crippen LogP contribution < -0.4 is 20.3 Å². The van der Waals surface area contributed by atoms with Gasteiger partial charge in [0.2, 0.25) is 5.88 Å². The van der Waals surface area contributed by atoms with Crippen LogP contribution in [0.1, 0.15) is 28.4 Å².